The van der Waals surface area contributed by atoms with E-state index in [1.807, 2.05) is 0 Å². The molecule has 4 aromatic rings. The van der Waals surface area contributed by atoms with Crippen molar-refractivity contribution in [3.05, 3.63) is 83.7 Å². The van der Waals surface area contributed by atoms with Gasteiger partial charge in [-0.05, 0) is 48.9 Å². The van der Waals surface area contributed by atoms with Crippen LogP contribution in [0.25, 0.3) is 21.8 Å². The van der Waals surface area contributed by atoms with Gasteiger partial charge in [0.1, 0.15) is 0 Å². The second kappa shape index (κ2) is 5.96. The Morgan fingerprint density at radius 3 is 1.88 bits per heavy atom. The van der Waals surface area contributed by atoms with E-state index in [2.05, 4.69) is 77.0 Å². The number of nitrogens with one attached hydrogen (secondary N) is 2. The van der Waals surface area contributed by atoms with Gasteiger partial charge in [0, 0.05) is 40.1 Å². The van der Waals surface area contributed by atoms with Crippen LogP contribution in [-0.4, -0.2) is 9.97 Å². The van der Waals surface area contributed by atoms with Crippen LogP contribution in [0.5, 0.6) is 0 Å². The maximum Gasteiger partial charge on any atom is 0.0457 e. The number of aromatic amines is 2. The lowest BCUT2D eigenvalue weighted by molar-refractivity contribution is 0.670. The zero-order chi connectivity index (χ0) is 16.6. The van der Waals surface area contributed by atoms with Crippen LogP contribution in [0.2, 0.25) is 0 Å². The Kier molecular flexibility index (Phi) is 3.48. The van der Waals surface area contributed by atoms with Crippen molar-refractivity contribution >= 4 is 21.8 Å². The summed E-state index contributed by atoms with van der Waals surface area (Å²) in [5.41, 5.74) is 6.81. The molecule has 1 aliphatic rings. The first kappa shape index (κ1) is 14.6. The fourth-order valence-electron chi connectivity index (χ4n) is 4.36. The lowest BCUT2D eigenvalue weighted by atomic mass is 9.80. The summed E-state index contributed by atoms with van der Waals surface area (Å²) in [6.45, 7) is 0. The van der Waals surface area contributed by atoms with E-state index in [1.165, 1.54) is 58.6 Å². The second-order valence-corrected chi connectivity index (χ2v) is 7.04. The van der Waals surface area contributed by atoms with Gasteiger partial charge in [0.25, 0.3) is 0 Å². The van der Waals surface area contributed by atoms with Crippen LogP contribution >= 0.6 is 0 Å². The molecule has 124 valence electrons. The Hall–Kier alpha value is -2.74. The van der Waals surface area contributed by atoms with E-state index >= 15 is 0 Å². The van der Waals surface area contributed by atoms with Gasteiger partial charge in [0.05, 0.1) is 0 Å². The van der Waals surface area contributed by atoms with Gasteiger partial charge in [0.2, 0.25) is 0 Å². The molecule has 2 aromatic carbocycles. The summed E-state index contributed by atoms with van der Waals surface area (Å²) in [6.07, 6.45) is 11.9. The molecule has 0 saturated heterocycles. The van der Waals surface area contributed by atoms with Gasteiger partial charge < -0.3 is 9.97 Å². The quantitative estimate of drug-likeness (QED) is 0.415. The van der Waals surface area contributed by atoms with Crippen LogP contribution in [0.15, 0.2) is 72.6 Å². The minimum Gasteiger partial charge on any atom is -0.361 e. The number of H-pyrrole nitrogens is 2. The molecule has 5 rings (SSSR count). The first-order valence-electron chi connectivity index (χ1n) is 9.23. The van der Waals surface area contributed by atoms with Crippen molar-refractivity contribution in [2.75, 3.05) is 0 Å². The van der Waals surface area contributed by atoms with Crippen molar-refractivity contribution in [1.29, 1.82) is 0 Å². The molecule has 0 spiro atoms. The van der Waals surface area contributed by atoms with Crippen LogP contribution in [0.4, 0.5) is 0 Å². The zero-order valence-corrected chi connectivity index (χ0v) is 14.3. The number of benzene rings is 2. The van der Waals surface area contributed by atoms with Crippen LogP contribution in [0, 0.1) is 0 Å². The SMILES string of the molecule is C1=C(C(c2c[nH]c3ccccc23)c2c[nH]c3ccccc23)CCCC1. The molecule has 2 heteroatoms. The molecule has 25 heavy (non-hydrogen) atoms. The highest BCUT2D eigenvalue weighted by molar-refractivity contribution is 5.89. The molecule has 2 heterocycles. The Morgan fingerprint density at radius 1 is 0.720 bits per heavy atom. The van der Waals surface area contributed by atoms with Gasteiger partial charge >= 0.3 is 0 Å². The van der Waals surface area contributed by atoms with Crippen molar-refractivity contribution in [2.24, 2.45) is 0 Å². The summed E-state index contributed by atoms with van der Waals surface area (Å²) in [6, 6.07) is 17.3. The predicted octanol–water partition coefficient (Wildman–Crippen LogP) is 6.28. The molecule has 0 atom stereocenters. The lowest BCUT2D eigenvalue weighted by Gasteiger charge is -2.23. The Morgan fingerprint density at radius 2 is 1.32 bits per heavy atom. The third-order valence-corrected chi connectivity index (χ3v) is 5.56. The molecule has 2 N–H and O–H groups in total. The molecule has 0 saturated carbocycles. The molecular formula is C23H22N2. The van der Waals surface area contributed by atoms with Gasteiger partial charge in [-0.25, -0.2) is 0 Å². The molecule has 2 nitrogen and oxygen atoms in total. The maximum absolute atomic E-state index is 3.48. The van der Waals surface area contributed by atoms with Gasteiger partial charge in [-0.1, -0.05) is 48.0 Å². The maximum atomic E-state index is 3.48. The van der Waals surface area contributed by atoms with E-state index in [9.17, 15) is 0 Å². The molecule has 0 bridgehead atoms. The lowest BCUT2D eigenvalue weighted by Crippen LogP contribution is -2.07. The Labute approximate surface area is 147 Å². The van der Waals surface area contributed by atoms with Crippen molar-refractivity contribution in [1.82, 2.24) is 9.97 Å². The van der Waals surface area contributed by atoms with Crippen molar-refractivity contribution in [2.45, 2.75) is 31.6 Å². The van der Waals surface area contributed by atoms with Crippen molar-refractivity contribution in [3.8, 4) is 0 Å². The van der Waals surface area contributed by atoms with Gasteiger partial charge in [-0.15, -0.1) is 0 Å². The number of aromatic nitrogens is 2. The molecule has 2 aromatic heterocycles. The average molecular weight is 326 g/mol. The standard InChI is InChI=1S/C23H22N2/c1-2-8-16(9-3-1)23(19-14-24-21-12-6-4-10-17(19)21)20-15-25-22-13-7-5-11-18(20)22/h4-8,10-15,23-25H,1-3,9H2. The smallest absolute Gasteiger partial charge is 0.0457 e. The van der Waals surface area contributed by atoms with Crippen LogP contribution in [0.3, 0.4) is 0 Å². The molecule has 0 fully saturated rings. The van der Waals surface area contributed by atoms with Crippen molar-refractivity contribution < 1.29 is 0 Å². The van der Waals surface area contributed by atoms with Gasteiger partial charge in [-0.2, -0.15) is 0 Å². The molecule has 1 aliphatic carbocycles. The van der Waals surface area contributed by atoms with Crippen LogP contribution in [-0.2, 0) is 0 Å². The van der Waals surface area contributed by atoms with E-state index in [0.29, 0.717) is 5.92 Å². The summed E-state index contributed by atoms with van der Waals surface area (Å²) < 4.78 is 0. The first-order chi connectivity index (χ1) is 12.4. The molecule has 0 amide bonds. The van der Waals surface area contributed by atoms with Crippen LogP contribution < -0.4 is 0 Å². The number of para-hydroxylation sites is 2. The topological polar surface area (TPSA) is 31.6 Å². The predicted molar refractivity (Wildman–Crippen MR) is 105 cm³/mol. The van der Waals surface area contributed by atoms with Gasteiger partial charge in [0.15, 0.2) is 0 Å². The second-order valence-electron chi connectivity index (χ2n) is 7.04. The van der Waals surface area contributed by atoms with E-state index in [-0.39, 0.29) is 0 Å². The highest BCUT2D eigenvalue weighted by Crippen LogP contribution is 2.42. The normalized spacial score (nSPS) is 15.2. The van der Waals surface area contributed by atoms with E-state index < -0.39 is 0 Å². The summed E-state index contributed by atoms with van der Waals surface area (Å²) in [5, 5.41) is 2.67. The first-order valence-corrected chi connectivity index (χ1v) is 9.23. The number of hydrogen-bond donors (Lipinski definition) is 2. The summed E-state index contributed by atoms with van der Waals surface area (Å²) in [4.78, 5) is 6.96. The highest BCUT2D eigenvalue weighted by atomic mass is 14.7. The van der Waals surface area contributed by atoms with E-state index in [4.69, 9.17) is 0 Å². The molecular weight excluding hydrogens is 304 g/mol. The molecule has 0 unspecified atom stereocenters. The summed E-state index contributed by atoms with van der Waals surface area (Å²) in [7, 11) is 0. The van der Waals surface area contributed by atoms with E-state index in [1.54, 1.807) is 5.57 Å². The molecule has 0 aliphatic heterocycles. The van der Waals surface area contributed by atoms with Crippen LogP contribution in [0.1, 0.15) is 42.7 Å². The zero-order valence-electron chi connectivity index (χ0n) is 14.3. The van der Waals surface area contributed by atoms with Crippen molar-refractivity contribution in [3.63, 3.8) is 0 Å². The highest BCUT2D eigenvalue weighted by Gasteiger charge is 2.25. The third-order valence-electron chi connectivity index (χ3n) is 5.56. The Bertz CT molecular complexity index is 990. The minimum absolute atomic E-state index is 0.326. The van der Waals surface area contributed by atoms with Gasteiger partial charge in [-0.3, -0.25) is 0 Å². The fourth-order valence-corrected chi connectivity index (χ4v) is 4.36. The monoisotopic (exact) mass is 326 g/mol. The largest absolute Gasteiger partial charge is 0.361 e. The number of rotatable bonds is 3. The fraction of sp³-hybridized carbons (Fsp3) is 0.217. The Balaban J connectivity index is 1.76. The molecule has 0 radical (unpaired) electrons. The number of allylic oxidation sites excluding steroid dienone is 2. The number of hydrogen-bond acceptors (Lipinski definition) is 0. The number of fused-ring (bicyclic) bond motifs is 2. The summed E-state index contributed by atoms with van der Waals surface area (Å²) in [5.74, 6) is 0.326. The van der Waals surface area contributed by atoms with E-state index in [0.717, 1.165) is 0 Å². The summed E-state index contributed by atoms with van der Waals surface area (Å²) >= 11 is 0. The average Bonchev–Trinajstić information content (AvgIpc) is 3.29. The minimum atomic E-state index is 0.326. The third kappa shape index (κ3) is 2.41.